The van der Waals surface area contributed by atoms with E-state index in [1.54, 1.807) is 7.11 Å². The fraction of sp³-hybridized carbons (Fsp3) is 0.400. The van der Waals surface area contributed by atoms with Crippen LogP contribution in [0.1, 0.15) is 29.2 Å². The summed E-state index contributed by atoms with van der Waals surface area (Å²) < 4.78 is 11.9. The summed E-state index contributed by atoms with van der Waals surface area (Å²) in [7, 11) is 1.75. The molecule has 1 heterocycles. The van der Waals surface area contributed by atoms with Crippen molar-refractivity contribution >= 4 is 5.69 Å². The van der Waals surface area contributed by atoms with E-state index in [-0.39, 0.29) is 12.7 Å². The van der Waals surface area contributed by atoms with Crippen LogP contribution in [0.2, 0.25) is 0 Å². The summed E-state index contributed by atoms with van der Waals surface area (Å²) in [5.74, 6) is 0.788. The summed E-state index contributed by atoms with van der Waals surface area (Å²) >= 11 is 0. The molecule has 1 N–H and O–H groups in total. The van der Waals surface area contributed by atoms with Gasteiger partial charge in [-0.2, -0.15) is 0 Å². The number of nitrogens with zero attached hydrogens (tertiary/aromatic N) is 2. The Morgan fingerprint density at radius 3 is 2.29 bits per heavy atom. The summed E-state index contributed by atoms with van der Waals surface area (Å²) in [5.41, 5.74) is 4.95. The van der Waals surface area contributed by atoms with Gasteiger partial charge in [0.15, 0.2) is 0 Å². The number of ether oxygens (including phenoxy) is 2. The number of aliphatic hydroxyl groups is 1. The highest BCUT2D eigenvalue weighted by Crippen LogP contribution is 2.31. The van der Waals surface area contributed by atoms with Crippen LogP contribution in [-0.2, 0) is 11.2 Å². The van der Waals surface area contributed by atoms with Gasteiger partial charge in [0.1, 0.15) is 18.5 Å². The number of rotatable bonds is 11. The Kier molecular flexibility index (Phi) is 9.18. The molecule has 4 rings (SSSR count). The molecule has 0 aliphatic carbocycles. The minimum atomic E-state index is -0.543. The van der Waals surface area contributed by atoms with Crippen LogP contribution in [0.25, 0.3) is 0 Å². The van der Waals surface area contributed by atoms with Crippen LogP contribution in [0.5, 0.6) is 5.75 Å². The topological polar surface area (TPSA) is 45.2 Å². The third kappa shape index (κ3) is 7.07. The van der Waals surface area contributed by atoms with Gasteiger partial charge in [0, 0.05) is 51.1 Å². The van der Waals surface area contributed by atoms with E-state index in [0.717, 1.165) is 50.3 Å². The van der Waals surface area contributed by atoms with Crippen molar-refractivity contribution < 1.29 is 14.6 Å². The molecule has 0 spiro atoms. The van der Waals surface area contributed by atoms with Crippen LogP contribution >= 0.6 is 0 Å². The summed E-state index contributed by atoms with van der Waals surface area (Å²) in [5, 5.41) is 10.7. The number of anilines is 1. The first-order valence-electron chi connectivity index (χ1n) is 12.6. The van der Waals surface area contributed by atoms with Crippen molar-refractivity contribution in [1.82, 2.24) is 4.90 Å². The Balaban J connectivity index is 1.27. The van der Waals surface area contributed by atoms with E-state index in [0.29, 0.717) is 6.54 Å². The lowest BCUT2D eigenvalue weighted by atomic mass is 10.0. The van der Waals surface area contributed by atoms with Gasteiger partial charge in [0.25, 0.3) is 0 Å². The molecule has 0 amide bonds. The van der Waals surface area contributed by atoms with Crippen LogP contribution in [0.4, 0.5) is 5.69 Å². The lowest BCUT2D eigenvalue weighted by molar-refractivity contribution is 0.0613. The molecule has 1 fully saturated rings. The number of methoxy groups -OCH3 is 1. The molecule has 1 aliphatic rings. The second kappa shape index (κ2) is 12.7. The average Bonchev–Trinajstić information content (AvgIpc) is 2.90. The third-order valence-electron chi connectivity index (χ3n) is 6.82. The summed E-state index contributed by atoms with van der Waals surface area (Å²) in [6.45, 7) is 6.86. The van der Waals surface area contributed by atoms with Crippen LogP contribution in [0, 0.1) is 6.92 Å². The fourth-order valence-electron chi connectivity index (χ4n) is 4.85. The monoisotopic (exact) mass is 474 g/mol. The molecule has 1 saturated heterocycles. The van der Waals surface area contributed by atoms with Gasteiger partial charge in [-0.05, 0) is 43.0 Å². The first-order chi connectivity index (χ1) is 17.1. The molecule has 0 radical (unpaired) electrons. The lowest BCUT2D eigenvalue weighted by Gasteiger charge is -2.37. The van der Waals surface area contributed by atoms with Crippen molar-refractivity contribution in [2.75, 3.05) is 51.3 Å². The van der Waals surface area contributed by atoms with E-state index in [1.165, 1.54) is 16.8 Å². The number of piperazine rings is 1. The van der Waals surface area contributed by atoms with Crippen molar-refractivity contribution in [2.45, 2.75) is 32.0 Å². The van der Waals surface area contributed by atoms with Crippen LogP contribution in [0.15, 0.2) is 78.9 Å². The predicted molar refractivity (Wildman–Crippen MR) is 142 cm³/mol. The maximum Gasteiger partial charge on any atom is 0.125 e. The van der Waals surface area contributed by atoms with E-state index in [9.17, 15) is 5.11 Å². The maximum absolute atomic E-state index is 10.7. The van der Waals surface area contributed by atoms with Gasteiger partial charge in [-0.15, -0.1) is 0 Å². The summed E-state index contributed by atoms with van der Waals surface area (Å²) in [6.07, 6.45) is 1.20. The predicted octanol–water partition coefficient (Wildman–Crippen LogP) is 4.88. The van der Waals surface area contributed by atoms with Gasteiger partial charge in [0.2, 0.25) is 0 Å². The molecule has 3 aromatic carbocycles. The number of aliphatic hydroxyl groups excluding tert-OH is 1. The van der Waals surface area contributed by atoms with Crippen molar-refractivity contribution in [1.29, 1.82) is 0 Å². The Morgan fingerprint density at radius 1 is 0.857 bits per heavy atom. The van der Waals surface area contributed by atoms with Gasteiger partial charge in [-0.1, -0.05) is 66.7 Å². The van der Waals surface area contributed by atoms with Crippen molar-refractivity contribution in [3.05, 3.63) is 95.6 Å². The summed E-state index contributed by atoms with van der Waals surface area (Å²) in [6, 6.07) is 27.0. The van der Waals surface area contributed by atoms with Crippen LogP contribution < -0.4 is 9.64 Å². The molecule has 35 heavy (non-hydrogen) atoms. The number of benzene rings is 3. The highest BCUT2D eigenvalue weighted by molar-refractivity contribution is 5.53. The lowest BCUT2D eigenvalue weighted by Crippen LogP contribution is -2.49. The van der Waals surface area contributed by atoms with E-state index in [2.05, 4.69) is 71.3 Å². The highest BCUT2D eigenvalue weighted by atomic mass is 16.5. The molecule has 5 nitrogen and oxygen atoms in total. The zero-order valence-electron chi connectivity index (χ0n) is 21.0. The van der Waals surface area contributed by atoms with Gasteiger partial charge in [-0.25, -0.2) is 0 Å². The molecule has 1 aliphatic heterocycles. The van der Waals surface area contributed by atoms with Gasteiger partial charge >= 0.3 is 0 Å². The van der Waals surface area contributed by atoms with E-state index < -0.39 is 6.10 Å². The van der Waals surface area contributed by atoms with E-state index in [4.69, 9.17) is 9.47 Å². The SMILES string of the molecule is CO[C@@H](CCc1ccccc1)c1ccccc1OC[C@H](O)CN1CCN(c2ccccc2C)CC1. The first kappa shape index (κ1) is 25.2. The zero-order chi connectivity index (χ0) is 24.5. The van der Waals surface area contributed by atoms with E-state index >= 15 is 0 Å². The molecular weight excluding hydrogens is 436 g/mol. The first-order valence-corrected chi connectivity index (χ1v) is 12.6. The van der Waals surface area contributed by atoms with Gasteiger partial charge in [-0.3, -0.25) is 4.90 Å². The fourth-order valence-corrected chi connectivity index (χ4v) is 4.85. The van der Waals surface area contributed by atoms with Crippen molar-refractivity contribution in [3.8, 4) is 5.75 Å². The average molecular weight is 475 g/mol. The number of para-hydroxylation sites is 2. The number of hydrogen-bond acceptors (Lipinski definition) is 5. The van der Waals surface area contributed by atoms with Gasteiger partial charge < -0.3 is 19.5 Å². The Bertz CT molecular complexity index is 1030. The Morgan fingerprint density at radius 2 is 1.54 bits per heavy atom. The molecule has 0 bridgehead atoms. The second-order valence-corrected chi connectivity index (χ2v) is 9.33. The molecule has 5 heteroatoms. The molecule has 0 saturated carbocycles. The molecule has 0 unspecified atom stereocenters. The second-order valence-electron chi connectivity index (χ2n) is 9.33. The highest BCUT2D eigenvalue weighted by Gasteiger charge is 2.21. The third-order valence-corrected chi connectivity index (χ3v) is 6.82. The molecule has 3 aromatic rings. The molecule has 0 aromatic heterocycles. The number of hydrogen-bond donors (Lipinski definition) is 1. The number of aryl methyl sites for hydroxylation is 2. The quantitative estimate of drug-likeness (QED) is 0.429. The standard InChI is InChI=1S/C30H38N2O3/c1-24-10-6-8-14-28(24)32-20-18-31(19-21-32)22-26(33)23-35-30-15-9-7-13-27(30)29(34-2)17-16-25-11-4-3-5-12-25/h3-15,26,29,33H,16-23H2,1-2H3/t26-,29+/m1/s1. The smallest absolute Gasteiger partial charge is 0.125 e. The Hall–Kier alpha value is -2.86. The molecule has 2 atom stereocenters. The zero-order valence-corrected chi connectivity index (χ0v) is 21.0. The van der Waals surface area contributed by atoms with Crippen LogP contribution in [0.3, 0.4) is 0 Å². The van der Waals surface area contributed by atoms with Crippen molar-refractivity contribution in [2.24, 2.45) is 0 Å². The number of β-amino-alcohol motifs (C(OH)–C–C–N with tert-alkyl or cyclic N) is 1. The minimum absolute atomic E-state index is 0.0573. The van der Waals surface area contributed by atoms with E-state index in [1.807, 2.05) is 24.3 Å². The minimum Gasteiger partial charge on any atom is -0.490 e. The van der Waals surface area contributed by atoms with Crippen molar-refractivity contribution in [3.63, 3.8) is 0 Å². The molecular formula is C30H38N2O3. The maximum atomic E-state index is 10.7. The largest absolute Gasteiger partial charge is 0.490 e. The Labute approximate surface area is 209 Å². The molecule has 186 valence electrons. The van der Waals surface area contributed by atoms with Gasteiger partial charge in [0.05, 0.1) is 6.10 Å². The normalized spacial score (nSPS) is 16.1. The van der Waals surface area contributed by atoms with Crippen LogP contribution in [-0.4, -0.2) is 62.6 Å². The summed E-state index contributed by atoms with van der Waals surface area (Å²) in [4.78, 5) is 4.76.